The molecule has 0 aliphatic carbocycles. The zero-order valence-corrected chi connectivity index (χ0v) is 9.59. The molecule has 0 saturated carbocycles. The van der Waals surface area contributed by atoms with Crippen molar-refractivity contribution in [3.8, 4) is 0 Å². The number of rotatable bonds is 3. The Morgan fingerprint density at radius 2 is 1.50 bits per heavy atom. The van der Waals surface area contributed by atoms with Gasteiger partial charge in [0.15, 0.2) is 0 Å². The Bertz CT molecular complexity index is 530. The molecule has 0 heterocycles. The first kappa shape index (κ1) is 15.7. The molecule has 0 radical (unpaired) electrons. The van der Waals surface area contributed by atoms with Crippen LogP contribution in [0.2, 0.25) is 0 Å². The molecule has 0 saturated heterocycles. The van der Waals surface area contributed by atoms with Gasteiger partial charge in [0.1, 0.15) is 0 Å². The van der Waals surface area contributed by atoms with Gasteiger partial charge in [0, 0.05) is 11.4 Å². The number of anilines is 2. The van der Waals surface area contributed by atoms with Crippen molar-refractivity contribution in [1.29, 1.82) is 0 Å². The highest BCUT2D eigenvalue weighted by Crippen LogP contribution is 2.36. The van der Waals surface area contributed by atoms with Crippen LogP contribution in [0.1, 0.15) is 0 Å². The SMILES string of the molecule is NC(=O)Nc1cccc(NC(=O)C(F)(F)C(F)(F)F)c1. The fourth-order valence-corrected chi connectivity index (χ4v) is 1.16. The largest absolute Gasteiger partial charge is 0.463 e. The summed E-state index contributed by atoms with van der Waals surface area (Å²) in [7, 11) is 0. The van der Waals surface area contributed by atoms with Crippen molar-refractivity contribution >= 4 is 23.3 Å². The summed E-state index contributed by atoms with van der Waals surface area (Å²) in [6.45, 7) is 0. The average molecular weight is 297 g/mol. The van der Waals surface area contributed by atoms with E-state index in [1.54, 1.807) is 0 Å². The monoisotopic (exact) mass is 297 g/mol. The maximum absolute atomic E-state index is 12.7. The minimum Gasteiger partial charge on any atom is -0.351 e. The molecule has 1 rings (SSSR count). The third-order valence-corrected chi connectivity index (χ3v) is 2.03. The zero-order valence-electron chi connectivity index (χ0n) is 9.59. The van der Waals surface area contributed by atoms with Gasteiger partial charge in [-0.25, -0.2) is 4.79 Å². The quantitative estimate of drug-likeness (QED) is 0.748. The molecule has 10 heteroatoms. The molecular weight excluding hydrogens is 289 g/mol. The lowest BCUT2D eigenvalue weighted by Crippen LogP contribution is -2.47. The van der Waals surface area contributed by atoms with Crippen molar-refractivity contribution in [2.24, 2.45) is 5.73 Å². The number of nitrogens with one attached hydrogen (secondary N) is 2. The molecule has 5 nitrogen and oxygen atoms in total. The van der Waals surface area contributed by atoms with E-state index in [1.807, 2.05) is 0 Å². The van der Waals surface area contributed by atoms with Crippen LogP contribution in [0.5, 0.6) is 0 Å². The van der Waals surface area contributed by atoms with Gasteiger partial charge in [0.05, 0.1) is 0 Å². The molecule has 1 aromatic carbocycles. The van der Waals surface area contributed by atoms with Crippen LogP contribution >= 0.6 is 0 Å². The summed E-state index contributed by atoms with van der Waals surface area (Å²) in [5.74, 6) is -8.05. The highest BCUT2D eigenvalue weighted by Gasteiger charge is 2.63. The Kier molecular flexibility index (Phi) is 4.16. The van der Waals surface area contributed by atoms with Gasteiger partial charge in [-0.1, -0.05) is 6.07 Å². The highest BCUT2D eigenvalue weighted by atomic mass is 19.4. The normalized spacial score (nSPS) is 11.8. The Labute approximate surface area is 108 Å². The Morgan fingerprint density at radius 3 is 1.95 bits per heavy atom. The van der Waals surface area contributed by atoms with Gasteiger partial charge in [-0.05, 0) is 18.2 Å². The van der Waals surface area contributed by atoms with Gasteiger partial charge in [-0.2, -0.15) is 22.0 Å². The van der Waals surface area contributed by atoms with Gasteiger partial charge in [-0.3, -0.25) is 4.79 Å². The minimum atomic E-state index is -6.00. The number of hydrogen-bond donors (Lipinski definition) is 3. The van der Waals surface area contributed by atoms with Crippen molar-refractivity contribution < 1.29 is 31.5 Å². The molecule has 4 N–H and O–H groups in total. The standard InChI is InChI=1S/C10H8F5N3O2/c11-9(12,10(13,14)15)7(19)17-5-2-1-3-6(4-5)18-8(16)20/h1-4H,(H,17,19)(H3,16,18,20). The molecule has 3 amide bonds. The van der Waals surface area contributed by atoms with E-state index in [0.717, 1.165) is 12.1 Å². The number of amides is 3. The predicted molar refractivity (Wildman–Crippen MR) is 59.3 cm³/mol. The second-order valence-electron chi connectivity index (χ2n) is 3.60. The fourth-order valence-electron chi connectivity index (χ4n) is 1.16. The van der Waals surface area contributed by atoms with Crippen molar-refractivity contribution in [3.63, 3.8) is 0 Å². The van der Waals surface area contributed by atoms with Gasteiger partial charge in [0.2, 0.25) is 0 Å². The molecule has 0 atom stereocenters. The number of hydrogen-bond acceptors (Lipinski definition) is 2. The number of carbonyl (C=O) groups excluding carboxylic acids is 2. The van der Waals surface area contributed by atoms with E-state index in [1.165, 1.54) is 17.4 Å². The van der Waals surface area contributed by atoms with Crippen LogP contribution in [-0.4, -0.2) is 24.0 Å². The molecule has 20 heavy (non-hydrogen) atoms. The molecular formula is C10H8F5N3O2. The average Bonchev–Trinajstić information content (AvgIpc) is 2.26. The molecule has 0 aliphatic rings. The number of urea groups is 1. The summed E-state index contributed by atoms with van der Waals surface area (Å²) in [5, 5.41) is 3.47. The molecule has 110 valence electrons. The zero-order chi connectivity index (χ0) is 15.6. The van der Waals surface area contributed by atoms with Crippen LogP contribution in [-0.2, 0) is 4.79 Å². The maximum atomic E-state index is 12.7. The van der Waals surface area contributed by atoms with Gasteiger partial charge >= 0.3 is 24.0 Å². The summed E-state index contributed by atoms with van der Waals surface area (Å²) >= 11 is 0. The van der Waals surface area contributed by atoms with Gasteiger partial charge < -0.3 is 16.4 Å². The van der Waals surface area contributed by atoms with Crippen LogP contribution in [0.4, 0.5) is 38.1 Å². The molecule has 0 fully saturated rings. The van der Waals surface area contributed by atoms with Crippen molar-refractivity contribution in [3.05, 3.63) is 24.3 Å². The molecule has 0 unspecified atom stereocenters. The lowest BCUT2D eigenvalue weighted by molar-refractivity contribution is -0.267. The number of primary amides is 1. The summed E-state index contributed by atoms with van der Waals surface area (Å²) < 4.78 is 61.2. The molecule has 0 aromatic heterocycles. The third kappa shape index (κ3) is 3.56. The first-order valence-electron chi connectivity index (χ1n) is 4.96. The first-order valence-corrected chi connectivity index (χ1v) is 4.96. The molecule has 0 spiro atoms. The minimum absolute atomic E-state index is 0.0191. The van der Waals surface area contributed by atoms with Crippen LogP contribution in [0.3, 0.4) is 0 Å². The van der Waals surface area contributed by atoms with Crippen molar-refractivity contribution in [2.45, 2.75) is 12.1 Å². The van der Waals surface area contributed by atoms with Crippen LogP contribution in [0.25, 0.3) is 0 Å². The molecule has 0 bridgehead atoms. The van der Waals surface area contributed by atoms with Gasteiger partial charge in [0.25, 0.3) is 0 Å². The Hall–Kier alpha value is -2.39. The van der Waals surface area contributed by atoms with E-state index >= 15 is 0 Å². The highest BCUT2D eigenvalue weighted by molar-refractivity contribution is 5.97. The fraction of sp³-hybridized carbons (Fsp3) is 0.200. The lowest BCUT2D eigenvalue weighted by atomic mass is 10.2. The smallest absolute Gasteiger partial charge is 0.351 e. The molecule has 1 aromatic rings. The van der Waals surface area contributed by atoms with Crippen LogP contribution in [0.15, 0.2) is 24.3 Å². The number of alkyl halides is 5. The van der Waals surface area contributed by atoms with Crippen molar-refractivity contribution in [2.75, 3.05) is 10.6 Å². The second kappa shape index (κ2) is 5.31. The second-order valence-corrected chi connectivity index (χ2v) is 3.60. The van der Waals surface area contributed by atoms with Crippen molar-refractivity contribution in [1.82, 2.24) is 0 Å². The molecule has 0 aliphatic heterocycles. The number of halogens is 5. The topological polar surface area (TPSA) is 84.2 Å². The van der Waals surface area contributed by atoms with Crippen LogP contribution in [0, 0.1) is 0 Å². The van der Waals surface area contributed by atoms with E-state index in [2.05, 4.69) is 5.32 Å². The Balaban J connectivity index is 2.89. The van der Waals surface area contributed by atoms with E-state index in [4.69, 9.17) is 5.73 Å². The van der Waals surface area contributed by atoms with E-state index in [9.17, 15) is 31.5 Å². The van der Waals surface area contributed by atoms with E-state index in [-0.39, 0.29) is 11.4 Å². The van der Waals surface area contributed by atoms with E-state index < -0.39 is 24.0 Å². The maximum Gasteiger partial charge on any atom is 0.463 e. The Morgan fingerprint density at radius 1 is 1.00 bits per heavy atom. The van der Waals surface area contributed by atoms with Crippen LogP contribution < -0.4 is 16.4 Å². The number of nitrogens with two attached hydrogens (primary N) is 1. The summed E-state index contributed by atoms with van der Waals surface area (Å²) in [4.78, 5) is 21.5. The van der Waals surface area contributed by atoms with E-state index in [0.29, 0.717) is 0 Å². The predicted octanol–water partition coefficient (Wildman–Crippen LogP) is 2.31. The lowest BCUT2D eigenvalue weighted by Gasteiger charge is -2.18. The number of benzene rings is 1. The summed E-state index contributed by atoms with van der Waals surface area (Å²) in [6, 6.07) is 3.58. The summed E-state index contributed by atoms with van der Waals surface area (Å²) in [5.41, 5.74) is 4.46. The van der Waals surface area contributed by atoms with Gasteiger partial charge in [-0.15, -0.1) is 0 Å². The summed E-state index contributed by atoms with van der Waals surface area (Å²) in [6.07, 6.45) is -6.00. The number of carbonyl (C=O) groups is 2. The third-order valence-electron chi connectivity index (χ3n) is 2.03. The first-order chi connectivity index (χ1) is 9.04.